The van der Waals surface area contributed by atoms with E-state index in [4.69, 9.17) is 5.84 Å². The second kappa shape index (κ2) is 6.28. The smallest absolute Gasteiger partial charge is 0.130 e. The Morgan fingerprint density at radius 2 is 1.95 bits per heavy atom. The zero-order chi connectivity index (χ0) is 13.8. The number of benzene rings is 2. The standard InChI is InChI=1S/C15H16BrFN2/c1-10-5-4-7-12(15(10)17)14(19-18)9-11-6-2-3-8-13(11)16/h2-8,14,19H,9,18H2,1H3. The lowest BCUT2D eigenvalue weighted by Gasteiger charge is -2.18. The molecule has 4 heteroatoms. The minimum atomic E-state index is -0.251. The summed E-state index contributed by atoms with van der Waals surface area (Å²) in [6.07, 6.45) is 0.623. The van der Waals surface area contributed by atoms with Crippen molar-refractivity contribution in [2.75, 3.05) is 0 Å². The first-order valence-electron chi connectivity index (χ1n) is 6.08. The number of halogens is 2. The molecular formula is C15H16BrFN2. The van der Waals surface area contributed by atoms with Crippen LogP contribution in [-0.4, -0.2) is 0 Å². The van der Waals surface area contributed by atoms with E-state index in [1.165, 1.54) is 0 Å². The van der Waals surface area contributed by atoms with Crippen LogP contribution in [0.4, 0.5) is 4.39 Å². The quantitative estimate of drug-likeness (QED) is 0.666. The van der Waals surface area contributed by atoms with Crippen molar-refractivity contribution >= 4 is 15.9 Å². The molecule has 0 fully saturated rings. The molecule has 2 aromatic carbocycles. The van der Waals surface area contributed by atoms with Gasteiger partial charge in [-0.3, -0.25) is 11.3 Å². The molecule has 3 N–H and O–H groups in total. The van der Waals surface area contributed by atoms with E-state index in [0.29, 0.717) is 17.5 Å². The van der Waals surface area contributed by atoms with Crippen molar-refractivity contribution in [2.45, 2.75) is 19.4 Å². The second-order valence-electron chi connectivity index (χ2n) is 4.49. The van der Waals surface area contributed by atoms with Crippen LogP contribution in [0.15, 0.2) is 46.9 Å². The summed E-state index contributed by atoms with van der Waals surface area (Å²) in [5.41, 5.74) is 5.02. The van der Waals surface area contributed by atoms with E-state index < -0.39 is 0 Å². The Hall–Kier alpha value is -1.23. The van der Waals surface area contributed by atoms with E-state index in [-0.39, 0.29) is 11.9 Å². The molecule has 0 spiro atoms. The lowest BCUT2D eigenvalue weighted by molar-refractivity contribution is 0.507. The van der Waals surface area contributed by atoms with Gasteiger partial charge in [0, 0.05) is 10.0 Å². The second-order valence-corrected chi connectivity index (χ2v) is 5.35. The van der Waals surface area contributed by atoms with Gasteiger partial charge in [-0.1, -0.05) is 52.3 Å². The van der Waals surface area contributed by atoms with Crippen LogP contribution in [0.3, 0.4) is 0 Å². The highest BCUT2D eigenvalue weighted by Gasteiger charge is 2.17. The molecule has 1 unspecified atom stereocenters. The van der Waals surface area contributed by atoms with Gasteiger partial charge in [-0.2, -0.15) is 0 Å². The number of rotatable bonds is 4. The first-order chi connectivity index (χ1) is 9.13. The molecule has 0 saturated carbocycles. The van der Waals surface area contributed by atoms with E-state index in [0.717, 1.165) is 10.0 Å². The maximum atomic E-state index is 14.1. The normalized spacial score (nSPS) is 12.4. The van der Waals surface area contributed by atoms with Crippen molar-refractivity contribution in [3.63, 3.8) is 0 Å². The van der Waals surface area contributed by atoms with Gasteiger partial charge in [0.2, 0.25) is 0 Å². The van der Waals surface area contributed by atoms with Crippen LogP contribution in [0.5, 0.6) is 0 Å². The molecule has 2 nitrogen and oxygen atoms in total. The van der Waals surface area contributed by atoms with Crippen molar-refractivity contribution < 1.29 is 4.39 Å². The van der Waals surface area contributed by atoms with Crippen LogP contribution in [-0.2, 0) is 6.42 Å². The zero-order valence-corrected chi connectivity index (χ0v) is 12.2. The minimum absolute atomic E-state index is 0.197. The summed E-state index contributed by atoms with van der Waals surface area (Å²) in [6.45, 7) is 1.75. The highest BCUT2D eigenvalue weighted by Crippen LogP contribution is 2.25. The topological polar surface area (TPSA) is 38.0 Å². The monoisotopic (exact) mass is 322 g/mol. The predicted molar refractivity (Wildman–Crippen MR) is 79.0 cm³/mol. The van der Waals surface area contributed by atoms with E-state index in [1.54, 1.807) is 19.1 Å². The Balaban J connectivity index is 2.31. The van der Waals surface area contributed by atoms with Crippen LogP contribution in [0.2, 0.25) is 0 Å². The number of hydrazine groups is 1. The van der Waals surface area contributed by atoms with E-state index in [2.05, 4.69) is 21.4 Å². The summed E-state index contributed by atoms with van der Waals surface area (Å²) < 4.78 is 15.1. The molecule has 19 heavy (non-hydrogen) atoms. The Kier molecular flexibility index (Phi) is 4.69. The van der Waals surface area contributed by atoms with Crippen molar-refractivity contribution in [1.82, 2.24) is 5.43 Å². The SMILES string of the molecule is Cc1cccc(C(Cc2ccccc2Br)NN)c1F. The van der Waals surface area contributed by atoms with Crippen molar-refractivity contribution in [3.05, 3.63) is 69.4 Å². The summed E-state index contributed by atoms with van der Waals surface area (Å²) in [5.74, 6) is 5.39. The van der Waals surface area contributed by atoms with Crippen LogP contribution in [0, 0.1) is 12.7 Å². The molecular weight excluding hydrogens is 307 g/mol. The highest BCUT2D eigenvalue weighted by molar-refractivity contribution is 9.10. The number of hydrogen-bond donors (Lipinski definition) is 2. The fraction of sp³-hybridized carbons (Fsp3) is 0.200. The van der Waals surface area contributed by atoms with Gasteiger partial charge < -0.3 is 0 Å². The van der Waals surface area contributed by atoms with Gasteiger partial charge in [0.05, 0.1) is 6.04 Å². The van der Waals surface area contributed by atoms with E-state index in [1.807, 2.05) is 30.3 Å². The zero-order valence-electron chi connectivity index (χ0n) is 10.7. The third kappa shape index (κ3) is 3.21. The summed E-state index contributed by atoms with van der Waals surface area (Å²) in [7, 11) is 0. The Morgan fingerprint density at radius 1 is 1.21 bits per heavy atom. The van der Waals surface area contributed by atoms with Gasteiger partial charge >= 0.3 is 0 Å². The summed E-state index contributed by atoms with van der Waals surface area (Å²) in [4.78, 5) is 0. The molecule has 0 heterocycles. The van der Waals surface area contributed by atoms with Crippen LogP contribution in [0.1, 0.15) is 22.7 Å². The number of aryl methyl sites for hydroxylation is 1. The molecule has 0 saturated heterocycles. The fourth-order valence-corrected chi connectivity index (χ4v) is 2.53. The van der Waals surface area contributed by atoms with Crippen molar-refractivity contribution in [2.24, 2.45) is 5.84 Å². The fourth-order valence-electron chi connectivity index (χ4n) is 2.08. The molecule has 2 aromatic rings. The Labute approximate surface area is 120 Å². The van der Waals surface area contributed by atoms with Crippen LogP contribution >= 0.6 is 15.9 Å². The molecule has 0 bridgehead atoms. The Bertz CT molecular complexity index is 572. The number of nitrogens with one attached hydrogen (secondary N) is 1. The molecule has 0 aliphatic carbocycles. The minimum Gasteiger partial charge on any atom is -0.271 e. The average molecular weight is 323 g/mol. The maximum Gasteiger partial charge on any atom is 0.130 e. The van der Waals surface area contributed by atoms with Gasteiger partial charge in [0.15, 0.2) is 0 Å². The van der Waals surface area contributed by atoms with Gasteiger partial charge in [0.25, 0.3) is 0 Å². The third-order valence-electron chi connectivity index (χ3n) is 3.18. The van der Waals surface area contributed by atoms with Gasteiger partial charge in [-0.15, -0.1) is 0 Å². The van der Waals surface area contributed by atoms with Gasteiger partial charge in [0.1, 0.15) is 5.82 Å². The molecule has 0 aliphatic heterocycles. The van der Waals surface area contributed by atoms with Crippen LogP contribution < -0.4 is 11.3 Å². The number of hydrogen-bond acceptors (Lipinski definition) is 2. The molecule has 0 radical (unpaired) electrons. The van der Waals surface area contributed by atoms with Gasteiger partial charge in [-0.25, -0.2) is 4.39 Å². The highest BCUT2D eigenvalue weighted by atomic mass is 79.9. The van der Waals surface area contributed by atoms with Crippen molar-refractivity contribution in [3.8, 4) is 0 Å². The summed E-state index contributed by atoms with van der Waals surface area (Å²) >= 11 is 3.50. The lowest BCUT2D eigenvalue weighted by Crippen LogP contribution is -2.30. The van der Waals surface area contributed by atoms with Crippen LogP contribution in [0.25, 0.3) is 0 Å². The maximum absolute atomic E-state index is 14.1. The predicted octanol–water partition coefficient (Wildman–Crippen LogP) is 3.64. The number of nitrogens with two attached hydrogens (primary N) is 1. The lowest BCUT2D eigenvalue weighted by atomic mass is 9.97. The molecule has 0 amide bonds. The molecule has 1 atom stereocenters. The summed E-state index contributed by atoms with van der Waals surface area (Å²) in [5, 5.41) is 0. The third-order valence-corrected chi connectivity index (χ3v) is 3.95. The Morgan fingerprint density at radius 3 is 2.63 bits per heavy atom. The van der Waals surface area contributed by atoms with E-state index >= 15 is 0 Å². The molecule has 100 valence electrons. The first-order valence-corrected chi connectivity index (χ1v) is 6.87. The van der Waals surface area contributed by atoms with E-state index in [9.17, 15) is 4.39 Å². The summed E-state index contributed by atoms with van der Waals surface area (Å²) in [6, 6.07) is 13.0. The molecule has 0 aromatic heterocycles. The molecule has 2 rings (SSSR count). The molecule has 0 aliphatic rings. The van der Waals surface area contributed by atoms with Crippen molar-refractivity contribution in [1.29, 1.82) is 0 Å². The van der Waals surface area contributed by atoms with Gasteiger partial charge in [-0.05, 0) is 30.5 Å². The first kappa shape index (κ1) is 14.2. The largest absolute Gasteiger partial charge is 0.271 e. The average Bonchev–Trinajstić information content (AvgIpc) is 2.41.